The van der Waals surface area contributed by atoms with Gasteiger partial charge in [-0.3, -0.25) is 4.79 Å². The molecular weight excluding hydrogens is 318 g/mol. The van der Waals surface area contributed by atoms with E-state index in [-0.39, 0.29) is 23.5 Å². The van der Waals surface area contributed by atoms with Crippen molar-refractivity contribution in [3.05, 3.63) is 29.8 Å². The molecule has 0 radical (unpaired) electrons. The summed E-state index contributed by atoms with van der Waals surface area (Å²) >= 11 is 0. The maximum Gasteiger partial charge on any atom is 0.246 e. The third-order valence-corrected chi connectivity index (χ3v) is 5.68. The first kappa shape index (κ1) is 17.3. The van der Waals surface area contributed by atoms with E-state index < -0.39 is 9.84 Å². The minimum Gasteiger partial charge on any atom is -0.493 e. The van der Waals surface area contributed by atoms with Gasteiger partial charge >= 0.3 is 0 Å². The molecule has 0 unspecified atom stereocenters. The molecule has 23 heavy (non-hydrogen) atoms. The summed E-state index contributed by atoms with van der Waals surface area (Å²) in [6.45, 7) is 0. The van der Waals surface area contributed by atoms with Crippen molar-refractivity contribution >= 4 is 21.8 Å². The number of hydrogen-bond acceptors (Lipinski definition) is 5. The van der Waals surface area contributed by atoms with E-state index >= 15 is 0 Å². The van der Waals surface area contributed by atoms with Crippen molar-refractivity contribution in [2.45, 2.75) is 12.5 Å². The van der Waals surface area contributed by atoms with Gasteiger partial charge in [-0.15, -0.1) is 0 Å². The van der Waals surface area contributed by atoms with Gasteiger partial charge in [0, 0.05) is 19.2 Å². The molecule has 0 N–H and O–H groups in total. The summed E-state index contributed by atoms with van der Waals surface area (Å²) in [6, 6.07) is 5.09. The van der Waals surface area contributed by atoms with E-state index in [1.807, 2.05) is 6.07 Å². The van der Waals surface area contributed by atoms with Gasteiger partial charge < -0.3 is 14.4 Å². The fraction of sp³-hybridized carbons (Fsp3) is 0.438. The van der Waals surface area contributed by atoms with Crippen LogP contribution in [0.1, 0.15) is 12.0 Å². The van der Waals surface area contributed by atoms with E-state index in [1.54, 1.807) is 39.5 Å². The van der Waals surface area contributed by atoms with Gasteiger partial charge in [0.05, 0.1) is 25.7 Å². The first-order chi connectivity index (χ1) is 10.9. The van der Waals surface area contributed by atoms with Crippen LogP contribution >= 0.6 is 0 Å². The van der Waals surface area contributed by atoms with Crippen molar-refractivity contribution in [1.29, 1.82) is 0 Å². The lowest BCUT2D eigenvalue weighted by Gasteiger charge is -2.21. The van der Waals surface area contributed by atoms with Crippen LogP contribution in [0, 0.1) is 0 Å². The minimum absolute atomic E-state index is 0.0411. The van der Waals surface area contributed by atoms with Crippen molar-refractivity contribution in [3.63, 3.8) is 0 Å². The van der Waals surface area contributed by atoms with Gasteiger partial charge in [-0.2, -0.15) is 0 Å². The minimum atomic E-state index is -3.01. The molecule has 0 aromatic heterocycles. The monoisotopic (exact) mass is 339 g/mol. The Balaban J connectivity index is 2.06. The molecule has 126 valence electrons. The van der Waals surface area contributed by atoms with Gasteiger partial charge in [0.25, 0.3) is 0 Å². The Morgan fingerprint density at radius 3 is 2.52 bits per heavy atom. The summed E-state index contributed by atoms with van der Waals surface area (Å²) in [5.41, 5.74) is 0.795. The maximum atomic E-state index is 12.2. The van der Waals surface area contributed by atoms with Crippen LogP contribution < -0.4 is 9.47 Å². The lowest BCUT2D eigenvalue weighted by atomic mass is 10.1. The van der Waals surface area contributed by atoms with Crippen LogP contribution in [0.25, 0.3) is 6.08 Å². The van der Waals surface area contributed by atoms with Crippen LogP contribution in [-0.2, 0) is 14.6 Å². The van der Waals surface area contributed by atoms with Gasteiger partial charge in [-0.05, 0) is 30.2 Å². The summed E-state index contributed by atoms with van der Waals surface area (Å²) in [7, 11) is 1.73. The fourth-order valence-corrected chi connectivity index (χ4v) is 4.28. The summed E-state index contributed by atoms with van der Waals surface area (Å²) in [6.07, 6.45) is 3.60. The zero-order valence-corrected chi connectivity index (χ0v) is 14.3. The third-order valence-electron chi connectivity index (χ3n) is 3.93. The number of ether oxygens (including phenoxy) is 2. The Hall–Kier alpha value is -2.02. The molecule has 7 heteroatoms. The van der Waals surface area contributed by atoms with Crippen molar-refractivity contribution in [2.24, 2.45) is 0 Å². The van der Waals surface area contributed by atoms with E-state index in [2.05, 4.69) is 0 Å². The number of methoxy groups -OCH3 is 2. The molecule has 0 aliphatic carbocycles. The van der Waals surface area contributed by atoms with Crippen molar-refractivity contribution in [2.75, 3.05) is 32.8 Å². The second kappa shape index (κ2) is 7.04. The number of likely N-dealkylation sites (N-methyl/N-ethyl adjacent to an activating group) is 1. The molecule has 6 nitrogen and oxygen atoms in total. The third kappa shape index (κ3) is 4.25. The molecular formula is C16H21NO5S. The number of hydrogen-bond donors (Lipinski definition) is 0. The van der Waals surface area contributed by atoms with Crippen LogP contribution in [0.5, 0.6) is 11.5 Å². The molecule has 0 bridgehead atoms. The smallest absolute Gasteiger partial charge is 0.246 e. The Bertz CT molecular complexity index is 711. The van der Waals surface area contributed by atoms with Crippen LogP contribution in [0.3, 0.4) is 0 Å². The number of sulfone groups is 1. The summed E-state index contributed by atoms with van der Waals surface area (Å²) in [5, 5.41) is 0. The van der Waals surface area contributed by atoms with Crippen LogP contribution in [0.15, 0.2) is 24.3 Å². The van der Waals surface area contributed by atoms with Gasteiger partial charge in [-0.25, -0.2) is 8.42 Å². The number of carbonyl (C=O) groups excluding carboxylic acids is 1. The van der Waals surface area contributed by atoms with Gasteiger partial charge in [0.15, 0.2) is 21.3 Å². The molecule has 0 spiro atoms. The first-order valence-corrected chi connectivity index (χ1v) is 9.06. The predicted octanol–water partition coefficient (Wildman–Crippen LogP) is 1.36. The molecule has 1 aromatic carbocycles. The van der Waals surface area contributed by atoms with Crippen LogP contribution in [-0.4, -0.2) is 58.0 Å². The lowest BCUT2D eigenvalue weighted by molar-refractivity contribution is -0.126. The molecule has 1 atom stereocenters. The van der Waals surface area contributed by atoms with Crippen molar-refractivity contribution < 1.29 is 22.7 Å². The molecule has 1 aliphatic rings. The maximum absolute atomic E-state index is 12.2. The predicted molar refractivity (Wildman–Crippen MR) is 88.4 cm³/mol. The molecule has 1 amide bonds. The van der Waals surface area contributed by atoms with E-state index in [9.17, 15) is 13.2 Å². The van der Waals surface area contributed by atoms with Gasteiger partial charge in [-0.1, -0.05) is 6.07 Å². The van der Waals surface area contributed by atoms with Crippen LogP contribution in [0.4, 0.5) is 0 Å². The summed E-state index contributed by atoms with van der Waals surface area (Å²) in [4.78, 5) is 13.7. The van der Waals surface area contributed by atoms with Gasteiger partial charge in [0.2, 0.25) is 5.91 Å². The van der Waals surface area contributed by atoms with Gasteiger partial charge in [0.1, 0.15) is 0 Å². The topological polar surface area (TPSA) is 72.9 Å². The first-order valence-electron chi connectivity index (χ1n) is 7.23. The second-order valence-corrected chi connectivity index (χ2v) is 7.68. The van der Waals surface area contributed by atoms with E-state index in [1.165, 1.54) is 11.0 Å². The highest BCUT2D eigenvalue weighted by atomic mass is 32.2. The lowest BCUT2D eigenvalue weighted by Crippen LogP contribution is -2.36. The van der Waals surface area contributed by atoms with Crippen molar-refractivity contribution in [1.82, 2.24) is 4.90 Å². The highest BCUT2D eigenvalue weighted by Gasteiger charge is 2.31. The Kier molecular flexibility index (Phi) is 5.30. The molecule has 0 saturated carbocycles. The number of benzene rings is 1. The average molecular weight is 339 g/mol. The fourth-order valence-electron chi connectivity index (χ4n) is 2.50. The van der Waals surface area contributed by atoms with Crippen molar-refractivity contribution in [3.8, 4) is 11.5 Å². The normalized spacial score (nSPS) is 19.7. The number of amides is 1. The SMILES string of the molecule is COc1ccc(/C=C/C(=O)N(C)[C@H]2CCS(=O)(=O)C2)cc1OC. The quantitative estimate of drug-likeness (QED) is 0.758. The summed E-state index contributed by atoms with van der Waals surface area (Å²) in [5.74, 6) is 1.16. The second-order valence-electron chi connectivity index (χ2n) is 5.45. The zero-order valence-electron chi connectivity index (χ0n) is 13.5. The number of carbonyl (C=O) groups is 1. The van der Waals surface area contributed by atoms with E-state index in [0.29, 0.717) is 17.9 Å². The Morgan fingerprint density at radius 1 is 1.26 bits per heavy atom. The molecule has 1 aliphatic heterocycles. The van der Waals surface area contributed by atoms with E-state index in [4.69, 9.17) is 9.47 Å². The molecule has 1 saturated heterocycles. The highest BCUT2D eigenvalue weighted by Crippen LogP contribution is 2.28. The highest BCUT2D eigenvalue weighted by molar-refractivity contribution is 7.91. The molecule has 2 rings (SSSR count). The Labute approximate surface area is 136 Å². The standard InChI is InChI=1S/C16H21NO5S/c1-17(13-8-9-23(19,20)11-13)16(18)7-5-12-4-6-14(21-2)15(10-12)22-3/h4-7,10,13H,8-9,11H2,1-3H3/b7-5+/t13-/m0/s1. The molecule has 1 aromatic rings. The molecule has 1 fully saturated rings. The average Bonchev–Trinajstić information content (AvgIpc) is 2.91. The molecule has 1 heterocycles. The Morgan fingerprint density at radius 2 is 1.96 bits per heavy atom. The van der Waals surface area contributed by atoms with E-state index in [0.717, 1.165) is 5.56 Å². The van der Waals surface area contributed by atoms with Crippen LogP contribution in [0.2, 0.25) is 0 Å². The largest absolute Gasteiger partial charge is 0.493 e. The number of nitrogens with zero attached hydrogens (tertiary/aromatic N) is 1. The number of rotatable bonds is 5. The summed E-state index contributed by atoms with van der Waals surface area (Å²) < 4.78 is 33.4. The zero-order chi connectivity index (χ0) is 17.0.